The van der Waals surface area contributed by atoms with E-state index in [4.69, 9.17) is 10.2 Å². The largest absolute Gasteiger partial charge is 0.435 e. The van der Waals surface area contributed by atoms with Gasteiger partial charge in [-0.05, 0) is 30.7 Å². The fraction of sp³-hybridized carbons (Fsp3) is 0.286. The predicted molar refractivity (Wildman–Crippen MR) is 108 cm³/mol. The number of nitrogens with two attached hydrogens (primary N) is 1. The predicted octanol–water partition coefficient (Wildman–Crippen LogP) is 3.94. The van der Waals surface area contributed by atoms with Gasteiger partial charge in [-0.3, -0.25) is 14.9 Å². The van der Waals surface area contributed by atoms with Gasteiger partial charge < -0.3 is 15.1 Å². The molecule has 3 N–H and O–H groups in total. The second-order valence-electron chi connectivity index (χ2n) is 7.38. The highest BCUT2D eigenvalue weighted by molar-refractivity contribution is 6.09. The van der Waals surface area contributed by atoms with Gasteiger partial charge in [0.25, 0.3) is 11.8 Å². The van der Waals surface area contributed by atoms with E-state index in [9.17, 15) is 22.8 Å². The van der Waals surface area contributed by atoms with E-state index in [1.165, 1.54) is 36.4 Å². The number of hydrogen-bond acceptors (Lipinski definition) is 5. The molecule has 2 aromatic heterocycles. The van der Waals surface area contributed by atoms with Gasteiger partial charge in [0.1, 0.15) is 11.6 Å². The molecular weight excluding hydrogens is 413 g/mol. The monoisotopic (exact) mass is 432 g/mol. The zero-order valence-electron chi connectivity index (χ0n) is 16.3. The molecule has 0 atom stereocenters. The molecule has 162 valence electrons. The van der Waals surface area contributed by atoms with E-state index in [1.54, 1.807) is 4.90 Å². The number of amides is 2. The van der Waals surface area contributed by atoms with E-state index >= 15 is 0 Å². The number of alkyl halides is 2. The van der Waals surface area contributed by atoms with Crippen molar-refractivity contribution in [2.45, 2.75) is 25.2 Å². The lowest BCUT2D eigenvalue weighted by molar-refractivity contribution is -0.0102. The highest BCUT2D eigenvalue weighted by Crippen LogP contribution is 2.32. The zero-order valence-corrected chi connectivity index (χ0v) is 16.3. The third kappa shape index (κ3) is 4.47. The molecule has 2 amide bonds. The summed E-state index contributed by atoms with van der Waals surface area (Å²) in [4.78, 5) is 30.2. The molecular formula is C21H19F3N4O3. The van der Waals surface area contributed by atoms with Crippen molar-refractivity contribution in [1.82, 2.24) is 4.98 Å². The molecule has 1 aliphatic heterocycles. The molecule has 0 bridgehead atoms. The van der Waals surface area contributed by atoms with Gasteiger partial charge >= 0.3 is 0 Å². The summed E-state index contributed by atoms with van der Waals surface area (Å²) in [6.07, 6.45) is -0.413. The summed E-state index contributed by atoms with van der Waals surface area (Å²) in [6.45, 7) is 0.268. The van der Waals surface area contributed by atoms with E-state index in [2.05, 4.69) is 10.3 Å². The Morgan fingerprint density at radius 2 is 1.94 bits per heavy atom. The lowest BCUT2D eigenvalue weighted by Crippen LogP contribution is -2.29. The van der Waals surface area contributed by atoms with Crippen molar-refractivity contribution in [3.05, 3.63) is 53.5 Å². The van der Waals surface area contributed by atoms with Crippen LogP contribution in [-0.2, 0) is 0 Å². The van der Waals surface area contributed by atoms with Crippen LogP contribution in [-0.4, -0.2) is 35.8 Å². The van der Waals surface area contributed by atoms with Crippen LogP contribution in [0.25, 0.3) is 10.9 Å². The molecule has 10 heteroatoms. The Bertz CT molecular complexity index is 1160. The van der Waals surface area contributed by atoms with Crippen LogP contribution in [0.2, 0.25) is 0 Å². The van der Waals surface area contributed by atoms with Crippen LogP contribution in [0.4, 0.5) is 24.9 Å². The number of hydrogen-bond donors (Lipinski definition) is 2. The Morgan fingerprint density at radius 1 is 1.13 bits per heavy atom. The summed E-state index contributed by atoms with van der Waals surface area (Å²) in [5.74, 6) is -4.66. The molecule has 1 aliphatic rings. The highest BCUT2D eigenvalue weighted by Gasteiger charge is 2.33. The highest BCUT2D eigenvalue weighted by atomic mass is 19.3. The number of anilines is 2. The van der Waals surface area contributed by atoms with Crippen LogP contribution in [0.1, 0.15) is 40.2 Å². The third-order valence-electron chi connectivity index (χ3n) is 5.11. The number of primary amides is 1. The average Bonchev–Trinajstić information content (AvgIpc) is 3.10. The molecule has 0 radical (unpaired) electrons. The van der Waals surface area contributed by atoms with Gasteiger partial charge in [-0.2, -0.15) is 0 Å². The SMILES string of the molecule is NC(=O)c1ccc(NC(=O)c2cc3ccc(F)cc3nc2N2CCCC(F)(F)CC2)o1. The van der Waals surface area contributed by atoms with Crippen LogP contribution < -0.4 is 16.0 Å². The molecule has 7 nitrogen and oxygen atoms in total. The maximum absolute atomic E-state index is 13.8. The van der Waals surface area contributed by atoms with Gasteiger partial charge in [-0.25, -0.2) is 18.2 Å². The lowest BCUT2D eigenvalue weighted by atomic mass is 10.1. The first-order valence-corrected chi connectivity index (χ1v) is 9.66. The summed E-state index contributed by atoms with van der Waals surface area (Å²) < 4.78 is 46.6. The summed E-state index contributed by atoms with van der Waals surface area (Å²) in [5, 5.41) is 3.03. The Labute approximate surface area is 175 Å². The minimum absolute atomic E-state index is 0.00627. The third-order valence-corrected chi connectivity index (χ3v) is 5.11. The number of halogens is 3. The minimum Gasteiger partial charge on any atom is -0.435 e. The maximum Gasteiger partial charge on any atom is 0.284 e. The van der Waals surface area contributed by atoms with Crippen molar-refractivity contribution in [2.75, 3.05) is 23.3 Å². The second kappa shape index (κ2) is 7.93. The molecule has 4 rings (SSSR count). The molecule has 0 saturated carbocycles. The number of carbonyl (C=O) groups excluding carboxylic acids is 2. The molecule has 1 saturated heterocycles. The van der Waals surface area contributed by atoms with Gasteiger partial charge in [0.2, 0.25) is 11.8 Å². The Hall–Kier alpha value is -3.56. The van der Waals surface area contributed by atoms with Crippen LogP contribution in [0.5, 0.6) is 0 Å². The number of furan rings is 1. The minimum atomic E-state index is -2.79. The van der Waals surface area contributed by atoms with Gasteiger partial charge in [0.15, 0.2) is 5.76 Å². The van der Waals surface area contributed by atoms with E-state index in [1.807, 2.05) is 0 Å². The first kappa shape index (κ1) is 20.7. The summed E-state index contributed by atoms with van der Waals surface area (Å²) in [5.41, 5.74) is 5.56. The summed E-state index contributed by atoms with van der Waals surface area (Å²) in [7, 11) is 0. The second-order valence-corrected chi connectivity index (χ2v) is 7.38. The number of carbonyl (C=O) groups is 2. The Kier molecular flexibility index (Phi) is 5.30. The first-order valence-electron chi connectivity index (χ1n) is 9.66. The number of fused-ring (bicyclic) bond motifs is 1. The molecule has 1 aromatic carbocycles. The van der Waals surface area contributed by atoms with E-state index in [-0.39, 0.29) is 55.4 Å². The smallest absolute Gasteiger partial charge is 0.284 e. The number of rotatable bonds is 4. The quantitative estimate of drug-likeness (QED) is 0.650. The van der Waals surface area contributed by atoms with Gasteiger partial charge in [-0.1, -0.05) is 0 Å². The number of pyridine rings is 1. The van der Waals surface area contributed by atoms with Crippen molar-refractivity contribution < 1.29 is 27.2 Å². The fourth-order valence-electron chi connectivity index (χ4n) is 3.53. The molecule has 1 fully saturated rings. The fourth-order valence-corrected chi connectivity index (χ4v) is 3.53. The molecule has 0 aliphatic carbocycles. The molecule has 0 spiro atoms. The number of benzene rings is 1. The molecule has 3 aromatic rings. The van der Waals surface area contributed by atoms with Crippen molar-refractivity contribution in [1.29, 1.82) is 0 Å². The molecule has 3 heterocycles. The Morgan fingerprint density at radius 3 is 2.68 bits per heavy atom. The van der Waals surface area contributed by atoms with E-state index in [0.29, 0.717) is 10.9 Å². The van der Waals surface area contributed by atoms with E-state index in [0.717, 1.165) is 0 Å². The number of nitrogens with zero attached hydrogens (tertiary/aromatic N) is 2. The topological polar surface area (TPSA) is 101 Å². The van der Waals surface area contributed by atoms with Crippen LogP contribution in [0.3, 0.4) is 0 Å². The van der Waals surface area contributed by atoms with Crippen molar-refractivity contribution in [3.8, 4) is 0 Å². The van der Waals surface area contributed by atoms with Gasteiger partial charge in [-0.15, -0.1) is 0 Å². The van der Waals surface area contributed by atoms with Crippen LogP contribution >= 0.6 is 0 Å². The van der Waals surface area contributed by atoms with Crippen LogP contribution in [0.15, 0.2) is 40.8 Å². The molecule has 31 heavy (non-hydrogen) atoms. The standard InChI is InChI=1S/C21H19F3N4O3/c22-13-3-2-12-10-14(20(30)27-17-5-4-16(31-17)18(25)29)19(26-15(12)11-13)28-8-1-6-21(23,24)7-9-28/h2-5,10-11H,1,6-9H2,(H2,25,29)(H,27,30). The summed E-state index contributed by atoms with van der Waals surface area (Å²) >= 11 is 0. The van der Waals surface area contributed by atoms with Gasteiger partial charge in [0.05, 0.1) is 11.1 Å². The zero-order chi connectivity index (χ0) is 22.2. The molecule has 0 unspecified atom stereocenters. The maximum atomic E-state index is 13.8. The van der Waals surface area contributed by atoms with Crippen molar-refractivity contribution in [3.63, 3.8) is 0 Å². The van der Waals surface area contributed by atoms with Gasteiger partial charge in [0, 0.05) is 43.5 Å². The van der Waals surface area contributed by atoms with Crippen molar-refractivity contribution >= 4 is 34.4 Å². The van der Waals surface area contributed by atoms with E-state index < -0.39 is 23.6 Å². The number of nitrogens with one attached hydrogen (secondary N) is 1. The number of aromatic nitrogens is 1. The van der Waals surface area contributed by atoms with Crippen LogP contribution in [0, 0.1) is 5.82 Å². The Balaban J connectivity index is 1.72. The van der Waals surface area contributed by atoms with Crippen molar-refractivity contribution in [2.24, 2.45) is 5.73 Å². The summed E-state index contributed by atoms with van der Waals surface area (Å²) in [6, 6.07) is 8.15. The average molecular weight is 432 g/mol. The first-order chi connectivity index (χ1) is 14.7. The normalized spacial score (nSPS) is 16.2. The lowest BCUT2D eigenvalue weighted by Gasteiger charge is -2.24.